The van der Waals surface area contributed by atoms with Crippen molar-refractivity contribution < 1.29 is 4.74 Å². The quantitative estimate of drug-likeness (QED) is 0.799. The number of methoxy groups -OCH3 is 1. The summed E-state index contributed by atoms with van der Waals surface area (Å²) < 4.78 is 6.01. The molecule has 0 unspecified atom stereocenters. The summed E-state index contributed by atoms with van der Waals surface area (Å²) in [6, 6.07) is 0. The molecular formula is C9H11BrN2O. The standard InChI is InChI=1S/C9H11BrN2O/c1-9(3-4-9)7-6(10)8(13-2)12-5-11-7/h5H,3-4H2,1-2H3. The SMILES string of the molecule is COc1ncnc(C2(C)CC2)c1Br. The van der Waals surface area contributed by atoms with Gasteiger partial charge in [0, 0.05) is 5.41 Å². The smallest absolute Gasteiger partial charge is 0.231 e. The highest BCUT2D eigenvalue weighted by Crippen LogP contribution is 2.49. The van der Waals surface area contributed by atoms with Gasteiger partial charge in [-0.05, 0) is 28.8 Å². The Kier molecular flexibility index (Phi) is 2.02. The van der Waals surface area contributed by atoms with Crippen LogP contribution in [0.25, 0.3) is 0 Å². The molecule has 0 aromatic carbocycles. The van der Waals surface area contributed by atoms with Crippen molar-refractivity contribution in [3.05, 3.63) is 16.5 Å². The molecular weight excluding hydrogens is 232 g/mol. The minimum absolute atomic E-state index is 0.245. The maximum atomic E-state index is 5.11. The molecule has 1 aromatic rings. The molecule has 0 N–H and O–H groups in total. The number of hydrogen-bond donors (Lipinski definition) is 0. The Balaban J connectivity index is 2.46. The predicted molar refractivity (Wildman–Crippen MR) is 52.9 cm³/mol. The largest absolute Gasteiger partial charge is 0.480 e. The van der Waals surface area contributed by atoms with Gasteiger partial charge in [-0.15, -0.1) is 0 Å². The Hall–Kier alpha value is -0.640. The lowest BCUT2D eigenvalue weighted by Crippen LogP contribution is -2.06. The van der Waals surface area contributed by atoms with E-state index in [1.807, 2.05) is 0 Å². The molecule has 1 saturated carbocycles. The van der Waals surface area contributed by atoms with Crippen LogP contribution in [0.1, 0.15) is 25.5 Å². The molecule has 1 fully saturated rings. The summed E-state index contributed by atoms with van der Waals surface area (Å²) >= 11 is 3.47. The van der Waals surface area contributed by atoms with Crippen LogP contribution in [-0.2, 0) is 5.41 Å². The van der Waals surface area contributed by atoms with Gasteiger partial charge in [-0.2, -0.15) is 0 Å². The van der Waals surface area contributed by atoms with Gasteiger partial charge in [-0.25, -0.2) is 9.97 Å². The first kappa shape index (κ1) is 8.94. The average Bonchev–Trinajstić information content (AvgIpc) is 2.85. The van der Waals surface area contributed by atoms with E-state index in [1.165, 1.54) is 12.8 Å². The van der Waals surface area contributed by atoms with Crippen molar-refractivity contribution in [3.8, 4) is 5.88 Å². The molecule has 0 atom stereocenters. The second-order valence-electron chi connectivity index (χ2n) is 3.61. The normalized spacial score (nSPS) is 18.4. The summed E-state index contributed by atoms with van der Waals surface area (Å²) in [5.41, 5.74) is 1.31. The molecule has 1 aliphatic rings. The van der Waals surface area contributed by atoms with E-state index in [-0.39, 0.29) is 5.41 Å². The fourth-order valence-corrected chi connectivity index (χ4v) is 2.19. The Morgan fingerprint density at radius 3 is 2.69 bits per heavy atom. The number of ether oxygens (including phenoxy) is 1. The van der Waals surface area contributed by atoms with Gasteiger partial charge >= 0.3 is 0 Å². The molecule has 70 valence electrons. The van der Waals surface area contributed by atoms with Gasteiger partial charge in [0.05, 0.1) is 12.8 Å². The Morgan fingerprint density at radius 2 is 2.15 bits per heavy atom. The lowest BCUT2D eigenvalue weighted by atomic mass is 10.1. The van der Waals surface area contributed by atoms with Crippen LogP contribution in [0.2, 0.25) is 0 Å². The van der Waals surface area contributed by atoms with E-state index < -0.39 is 0 Å². The number of nitrogens with zero attached hydrogens (tertiary/aromatic N) is 2. The molecule has 0 bridgehead atoms. The van der Waals surface area contributed by atoms with Crippen LogP contribution in [0, 0.1) is 0 Å². The van der Waals surface area contributed by atoms with E-state index in [1.54, 1.807) is 13.4 Å². The molecule has 4 heteroatoms. The van der Waals surface area contributed by atoms with Crippen molar-refractivity contribution >= 4 is 15.9 Å². The van der Waals surface area contributed by atoms with Crippen LogP contribution in [-0.4, -0.2) is 17.1 Å². The van der Waals surface area contributed by atoms with E-state index in [0.717, 1.165) is 10.2 Å². The minimum Gasteiger partial charge on any atom is -0.480 e. The van der Waals surface area contributed by atoms with Crippen LogP contribution >= 0.6 is 15.9 Å². The molecule has 2 rings (SSSR count). The molecule has 1 heterocycles. The van der Waals surface area contributed by atoms with Crippen LogP contribution in [0.4, 0.5) is 0 Å². The number of aromatic nitrogens is 2. The number of halogens is 1. The molecule has 1 aromatic heterocycles. The maximum Gasteiger partial charge on any atom is 0.231 e. The molecule has 0 saturated heterocycles. The van der Waals surface area contributed by atoms with Gasteiger partial charge in [-0.1, -0.05) is 6.92 Å². The van der Waals surface area contributed by atoms with Crippen molar-refractivity contribution in [2.45, 2.75) is 25.2 Å². The fourth-order valence-electron chi connectivity index (χ4n) is 1.34. The van der Waals surface area contributed by atoms with Crippen molar-refractivity contribution in [2.24, 2.45) is 0 Å². The second kappa shape index (κ2) is 2.94. The lowest BCUT2D eigenvalue weighted by molar-refractivity contribution is 0.391. The van der Waals surface area contributed by atoms with Gasteiger partial charge < -0.3 is 4.74 Å². The van der Waals surface area contributed by atoms with Crippen LogP contribution in [0.5, 0.6) is 5.88 Å². The lowest BCUT2D eigenvalue weighted by Gasteiger charge is -2.11. The zero-order chi connectivity index (χ0) is 9.47. The highest BCUT2D eigenvalue weighted by atomic mass is 79.9. The summed E-state index contributed by atoms with van der Waals surface area (Å²) in [6.07, 6.45) is 3.96. The predicted octanol–water partition coefficient (Wildman–Crippen LogP) is 2.30. The molecule has 0 amide bonds. The Bertz CT molecular complexity index is 336. The molecule has 0 spiro atoms. The molecule has 3 nitrogen and oxygen atoms in total. The van der Waals surface area contributed by atoms with E-state index in [2.05, 4.69) is 32.8 Å². The highest BCUT2D eigenvalue weighted by Gasteiger charge is 2.42. The van der Waals surface area contributed by atoms with Gasteiger partial charge in [0.2, 0.25) is 5.88 Å². The molecule has 1 aliphatic carbocycles. The third-order valence-corrected chi connectivity index (χ3v) is 3.24. The van der Waals surface area contributed by atoms with Crippen molar-refractivity contribution in [3.63, 3.8) is 0 Å². The van der Waals surface area contributed by atoms with Gasteiger partial charge in [0.15, 0.2) is 0 Å². The monoisotopic (exact) mass is 242 g/mol. The number of rotatable bonds is 2. The topological polar surface area (TPSA) is 35.0 Å². The molecule has 13 heavy (non-hydrogen) atoms. The summed E-state index contributed by atoms with van der Waals surface area (Å²) in [6.45, 7) is 2.21. The van der Waals surface area contributed by atoms with Crippen molar-refractivity contribution in [1.29, 1.82) is 0 Å². The second-order valence-corrected chi connectivity index (χ2v) is 4.40. The van der Waals surface area contributed by atoms with Crippen LogP contribution < -0.4 is 4.74 Å². The summed E-state index contributed by atoms with van der Waals surface area (Å²) in [5, 5.41) is 0. The summed E-state index contributed by atoms with van der Waals surface area (Å²) in [5.74, 6) is 0.623. The van der Waals surface area contributed by atoms with E-state index in [9.17, 15) is 0 Å². The summed E-state index contributed by atoms with van der Waals surface area (Å²) in [4.78, 5) is 8.30. The van der Waals surface area contributed by atoms with Crippen LogP contribution in [0.3, 0.4) is 0 Å². The fraction of sp³-hybridized carbons (Fsp3) is 0.556. The summed E-state index contributed by atoms with van der Waals surface area (Å²) in [7, 11) is 1.62. The van der Waals surface area contributed by atoms with E-state index >= 15 is 0 Å². The van der Waals surface area contributed by atoms with Crippen molar-refractivity contribution in [1.82, 2.24) is 9.97 Å². The van der Waals surface area contributed by atoms with Gasteiger partial charge in [0.25, 0.3) is 0 Å². The minimum atomic E-state index is 0.245. The third kappa shape index (κ3) is 1.43. The number of hydrogen-bond acceptors (Lipinski definition) is 3. The maximum absolute atomic E-state index is 5.11. The van der Waals surface area contributed by atoms with Crippen LogP contribution in [0.15, 0.2) is 10.8 Å². The molecule has 0 radical (unpaired) electrons. The van der Waals surface area contributed by atoms with Crippen molar-refractivity contribution in [2.75, 3.05) is 7.11 Å². The first-order chi connectivity index (χ1) is 6.17. The van der Waals surface area contributed by atoms with Gasteiger partial charge in [-0.3, -0.25) is 0 Å². The van der Waals surface area contributed by atoms with E-state index in [4.69, 9.17) is 4.74 Å². The Morgan fingerprint density at radius 1 is 1.46 bits per heavy atom. The average molecular weight is 243 g/mol. The zero-order valence-electron chi connectivity index (χ0n) is 7.67. The molecule has 0 aliphatic heterocycles. The van der Waals surface area contributed by atoms with Gasteiger partial charge in [0.1, 0.15) is 10.8 Å². The highest BCUT2D eigenvalue weighted by molar-refractivity contribution is 9.10. The third-order valence-electron chi connectivity index (χ3n) is 2.52. The Labute approximate surface area is 85.7 Å². The first-order valence-electron chi connectivity index (χ1n) is 4.22. The zero-order valence-corrected chi connectivity index (χ0v) is 9.26. The first-order valence-corrected chi connectivity index (χ1v) is 5.02. The van der Waals surface area contributed by atoms with E-state index in [0.29, 0.717) is 5.88 Å².